The maximum atomic E-state index is 13.9. The minimum absolute atomic E-state index is 0.0106. The Labute approximate surface area is 253 Å². The van der Waals surface area contributed by atoms with Crippen molar-refractivity contribution in [1.82, 2.24) is 4.57 Å². The van der Waals surface area contributed by atoms with Crippen LogP contribution in [0.3, 0.4) is 0 Å². The molecule has 42 heavy (non-hydrogen) atoms. The highest BCUT2D eigenvalue weighted by Gasteiger charge is 2.34. The molecule has 1 aliphatic heterocycles. The number of aliphatic carboxylic acids is 1. The maximum Gasteiger partial charge on any atom is 0.341 e. The molecule has 1 aromatic heterocycles. The first-order chi connectivity index (χ1) is 20.0. The second-order valence-electron chi connectivity index (χ2n) is 8.76. The number of hydrogen-bond acceptors (Lipinski definition) is 10. The van der Waals surface area contributed by atoms with Crippen molar-refractivity contribution in [2.75, 3.05) is 34.5 Å². The monoisotopic (exact) mass is 636 g/mol. The van der Waals surface area contributed by atoms with Crippen LogP contribution in [0.4, 0.5) is 0 Å². The number of benzene rings is 2. The zero-order chi connectivity index (χ0) is 30.7. The number of ether oxygens (including phenoxy) is 5. The number of halogens is 2. The van der Waals surface area contributed by atoms with Gasteiger partial charge in [0.15, 0.2) is 28.7 Å². The van der Waals surface area contributed by atoms with Crippen LogP contribution in [0, 0.1) is 0 Å². The summed E-state index contributed by atoms with van der Waals surface area (Å²) in [5.74, 6) is -0.785. The molecule has 11 nitrogen and oxygen atoms in total. The first kappa shape index (κ1) is 30.9. The van der Waals surface area contributed by atoms with Crippen LogP contribution in [0.5, 0.6) is 23.0 Å². The van der Waals surface area contributed by atoms with Crippen LogP contribution in [-0.2, 0) is 14.3 Å². The SMILES string of the molecule is CCOC(=O)C1=C(C)N=c2sc(=Cc3cc(Cl)c(OCC(=O)O)c(Cl)c3)c(=O)n2C1c1cc(OC)c(OC)c(OC)c1. The molecule has 0 amide bonds. The predicted octanol–water partition coefficient (Wildman–Crippen LogP) is 3.59. The molecular formula is C28H26Cl2N2O9S. The zero-order valence-electron chi connectivity index (χ0n) is 23.2. The van der Waals surface area contributed by atoms with E-state index in [2.05, 4.69) is 4.99 Å². The summed E-state index contributed by atoms with van der Waals surface area (Å²) < 4.78 is 28.7. The number of methoxy groups -OCH3 is 3. The molecule has 14 heteroatoms. The predicted molar refractivity (Wildman–Crippen MR) is 156 cm³/mol. The number of carbonyl (C=O) groups excluding carboxylic acids is 1. The van der Waals surface area contributed by atoms with Crippen LogP contribution in [-0.4, -0.2) is 56.2 Å². The van der Waals surface area contributed by atoms with Gasteiger partial charge in [-0.2, -0.15) is 0 Å². The number of rotatable bonds is 10. The van der Waals surface area contributed by atoms with Gasteiger partial charge in [-0.05, 0) is 55.3 Å². The topological polar surface area (TPSA) is 135 Å². The van der Waals surface area contributed by atoms with Crippen LogP contribution in [0.15, 0.2) is 45.3 Å². The van der Waals surface area contributed by atoms with Gasteiger partial charge in [0.25, 0.3) is 5.56 Å². The highest BCUT2D eigenvalue weighted by Crippen LogP contribution is 2.42. The van der Waals surface area contributed by atoms with Gasteiger partial charge in [0.2, 0.25) is 5.75 Å². The summed E-state index contributed by atoms with van der Waals surface area (Å²) in [4.78, 5) is 43.0. The van der Waals surface area contributed by atoms with E-state index in [9.17, 15) is 14.4 Å². The van der Waals surface area contributed by atoms with Crippen molar-refractivity contribution >= 4 is 52.6 Å². The number of fused-ring (bicyclic) bond motifs is 1. The molecule has 1 atom stereocenters. The van der Waals surface area contributed by atoms with Crippen molar-refractivity contribution in [3.8, 4) is 23.0 Å². The van der Waals surface area contributed by atoms with E-state index in [4.69, 9.17) is 52.0 Å². The van der Waals surface area contributed by atoms with Crippen LogP contribution in [0.25, 0.3) is 6.08 Å². The first-order valence-electron chi connectivity index (χ1n) is 12.4. The number of thiazole rings is 1. The van der Waals surface area contributed by atoms with E-state index >= 15 is 0 Å². The molecular weight excluding hydrogens is 611 g/mol. The molecule has 1 N–H and O–H groups in total. The van der Waals surface area contributed by atoms with Gasteiger partial charge in [0.1, 0.15) is 0 Å². The second-order valence-corrected chi connectivity index (χ2v) is 10.6. The lowest BCUT2D eigenvalue weighted by Crippen LogP contribution is -2.40. The average molecular weight is 637 g/mol. The number of carbonyl (C=O) groups is 2. The summed E-state index contributed by atoms with van der Waals surface area (Å²) >= 11 is 13.7. The Balaban J connectivity index is 1.94. The summed E-state index contributed by atoms with van der Waals surface area (Å²) in [6.07, 6.45) is 1.57. The van der Waals surface area contributed by atoms with E-state index in [0.717, 1.165) is 11.3 Å². The fraction of sp³-hybridized carbons (Fsp3) is 0.286. The molecule has 0 radical (unpaired) electrons. The molecule has 4 rings (SSSR count). The lowest BCUT2D eigenvalue weighted by molar-refractivity contribution is -0.140. The third kappa shape index (κ3) is 5.96. The van der Waals surface area contributed by atoms with Gasteiger partial charge in [0, 0.05) is 0 Å². The number of aromatic nitrogens is 1. The van der Waals surface area contributed by atoms with E-state index in [1.807, 2.05) is 0 Å². The molecule has 222 valence electrons. The third-order valence-corrected chi connectivity index (χ3v) is 7.72. The average Bonchev–Trinajstić information content (AvgIpc) is 3.24. The minimum Gasteiger partial charge on any atom is -0.493 e. The van der Waals surface area contributed by atoms with Crippen LogP contribution >= 0.6 is 34.5 Å². The Morgan fingerprint density at radius 2 is 1.67 bits per heavy atom. The Morgan fingerprint density at radius 3 is 2.19 bits per heavy atom. The highest BCUT2D eigenvalue weighted by atomic mass is 35.5. The van der Waals surface area contributed by atoms with Crippen LogP contribution in [0.2, 0.25) is 10.0 Å². The molecule has 1 aliphatic rings. The third-order valence-electron chi connectivity index (χ3n) is 6.18. The molecule has 0 spiro atoms. The van der Waals surface area contributed by atoms with Crippen molar-refractivity contribution in [3.05, 3.63) is 76.4 Å². The Morgan fingerprint density at radius 1 is 1.05 bits per heavy atom. The van der Waals surface area contributed by atoms with Gasteiger partial charge in [0.05, 0.1) is 59.8 Å². The van der Waals surface area contributed by atoms with E-state index in [1.165, 1.54) is 38.0 Å². The minimum atomic E-state index is -1.19. The Bertz CT molecular complexity index is 1730. The van der Waals surface area contributed by atoms with Crippen LogP contribution < -0.4 is 33.8 Å². The number of allylic oxidation sites excluding steroid dienone is 1. The number of nitrogens with zero attached hydrogens (tertiary/aromatic N) is 2. The summed E-state index contributed by atoms with van der Waals surface area (Å²) in [7, 11) is 4.41. The molecule has 0 fully saturated rings. The van der Waals surface area contributed by atoms with Crippen molar-refractivity contribution in [1.29, 1.82) is 0 Å². The molecule has 0 aliphatic carbocycles. The van der Waals surface area contributed by atoms with E-state index in [0.29, 0.717) is 38.9 Å². The largest absolute Gasteiger partial charge is 0.493 e. The normalized spacial score (nSPS) is 14.6. The number of esters is 1. The fourth-order valence-corrected chi connectivity index (χ4v) is 6.11. The number of hydrogen-bond donors (Lipinski definition) is 1. The van der Waals surface area contributed by atoms with Crippen molar-refractivity contribution in [2.24, 2.45) is 4.99 Å². The standard InChI is InChI=1S/C28H26Cl2N2O9S/c1-6-40-27(36)22-13(2)31-28-32(23(22)15-10-18(37-3)25(39-5)19(11-15)38-4)26(35)20(42-28)9-14-7-16(29)24(17(30)8-14)41-12-21(33)34/h7-11,23H,6,12H2,1-5H3,(H,33,34). The highest BCUT2D eigenvalue weighted by molar-refractivity contribution is 7.07. The van der Waals surface area contributed by atoms with Gasteiger partial charge in [-0.15, -0.1) is 0 Å². The second kappa shape index (κ2) is 12.9. The van der Waals surface area contributed by atoms with Crippen LogP contribution in [0.1, 0.15) is 31.0 Å². The number of carboxylic acids is 1. The van der Waals surface area contributed by atoms with Gasteiger partial charge >= 0.3 is 11.9 Å². The quantitative estimate of drug-likeness (QED) is 0.331. The molecule has 2 aromatic carbocycles. The maximum absolute atomic E-state index is 13.9. The summed E-state index contributed by atoms with van der Waals surface area (Å²) in [5, 5.41) is 9.03. The molecule has 1 unspecified atom stereocenters. The molecule has 3 aromatic rings. The molecule has 0 saturated carbocycles. The first-order valence-corrected chi connectivity index (χ1v) is 13.9. The van der Waals surface area contributed by atoms with E-state index < -0.39 is 30.1 Å². The smallest absolute Gasteiger partial charge is 0.341 e. The van der Waals surface area contributed by atoms with E-state index in [1.54, 1.807) is 32.1 Å². The van der Waals surface area contributed by atoms with Crippen molar-refractivity contribution in [3.63, 3.8) is 0 Å². The van der Waals surface area contributed by atoms with Crippen molar-refractivity contribution in [2.45, 2.75) is 19.9 Å². The van der Waals surface area contributed by atoms with Gasteiger partial charge < -0.3 is 28.8 Å². The van der Waals surface area contributed by atoms with Gasteiger partial charge in [-0.3, -0.25) is 9.36 Å². The van der Waals surface area contributed by atoms with Gasteiger partial charge in [-0.1, -0.05) is 34.5 Å². The molecule has 0 bridgehead atoms. The molecule has 2 heterocycles. The fourth-order valence-electron chi connectivity index (χ4n) is 4.45. The summed E-state index contributed by atoms with van der Waals surface area (Å²) in [6, 6.07) is 5.38. The Hall–Kier alpha value is -4.00. The zero-order valence-corrected chi connectivity index (χ0v) is 25.5. The summed E-state index contributed by atoms with van der Waals surface area (Å²) in [6.45, 7) is 2.85. The Kier molecular flexibility index (Phi) is 9.50. The number of carboxylic acid groups (broad SMARTS) is 1. The lowest BCUT2D eigenvalue weighted by Gasteiger charge is -2.26. The van der Waals surface area contributed by atoms with Gasteiger partial charge in [-0.25, -0.2) is 14.6 Å². The lowest BCUT2D eigenvalue weighted by atomic mass is 9.95. The van der Waals surface area contributed by atoms with E-state index in [-0.39, 0.29) is 32.5 Å². The van der Waals surface area contributed by atoms with Crippen molar-refractivity contribution < 1.29 is 38.4 Å². The molecule has 0 saturated heterocycles. The summed E-state index contributed by atoms with van der Waals surface area (Å²) in [5.41, 5.74) is 1.08.